The number of amides is 1. The Bertz CT molecular complexity index is 340. The van der Waals surface area contributed by atoms with Gasteiger partial charge in [-0.25, -0.2) is 0 Å². The second-order valence-corrected chi connectivity index (χ2v) is 5.63. The molecule has 2 saturated heterocycles. The maximum absolute atomic E-state index is 12.2. The van der Waals surface area contributed by atoms with Crippen molar-refractivity contribution in [3.63, 3.8) is 0 Å². The molecule has 2 heterocycles. The summed E-state index contributed by atoms with van der Waals surface area (Å²) < 4.78 is 0. The maximum Gasteiger partial charge on any atom is 0.308 e. The van der Waals surface area contributed by atoms with Crippen LogP contribution in [0.25, 0.3) is 0 Å². The lowest BCUT2D eigenvalue weighted by atomic mass is 9.98. The van der Waals surface area contributed by atoms with Crippen molar-refractivity contribution < 1.29 is 14.7 Å². The first-order valence-corrected chi connectivity index (χ1v) is 7.05. The van der Waals surface area contributed by atoms with Gasteiger partial charge in [0.05, 0.1) is 12.5 Å². The van der Waals surface area contributed by atoms with Gasteiger partial charge < -0.3 is 15.7 Å². The van der Waals surface area contributed by atoms with Crippen LogP contribution in [-0.4, -0.2) is 65.5 Å². The SMILES string of the molecule is NC1CCN(CC(=O)N2CCC[C@@H](C(=O)O)C2)CC1. The van der Waals surface area contributed by atoms with Crippen LogP contribution in [0.15, 0.2) is 0 Å². The first kappa shape index (κ1) is 14.3. The van der Waals surface area contributed by atoms with Crippen molar-refractivity contribution >= 4 is 11.9 Å². The first-order valence-electron chi connectivity index (χ1n) is 7.05. The van der Waals surface area contributed by atoms with E-state index in [1.165, 1.54) is 0 Å². The molecule has 0 aromatic carbocycles. The van der Waals surface area contributed by atoms with Crippen molar-refractivity contribution in [2.75, 3.05) is 32.7 Å². The zero-order valence-electron chi connectivity index (χ0n) is 11.3. The summed E-state index contributed by atoms with van der Waals surface area (Å²) >= 11 is 0. The molecule has 6 nitrogen and oxygen atoms in total. The minimum Gasteiger partial charge on any atom is -0.481 e. The molecule has 19 heavy (non-hydrogen) atoms. The molecular weight excluding hydrogens is 246 g/mol. The fraction of sp³-hybridized carbons (Fsp3) is 0.846. The average Bonchev–Trinajstić information content (AvgIpc) is 2.41. The number of carboxylic acid groups (broad SMARTS) is 1. The van der Waals surface area contributed by atoms with Crippen molar-refractivity contribution in [1.82, 2.24) is 9.80 Å². The summed E-state index contributed by atoms with van der Waals surface area (Å²) in [5.74, 6) is -1.13. The van der Waals surface area contributed by atoms with Gasteiger partial charge in [-0.05, 0) is 25.7 Å². The zero-order chi connectivity index (χ0) is 13.8. The van der Waals surface area contributed by atoms with Crippen molar-refractivity contribution in [2.24, 2.45) is 11.7 Å². The van der Waals surface area contributed by atoms with E-state index in [-0.39, 0.29) is 11.9 Å². The molecule has 0 spiro atoms. The third-order valence-electron chi connectivity index (χ3n) is 4.11. The number of carbonyl (C=O) groups excluding carboxylic acids is 1. The van der Waals surface area contributed by atoms with Gasteiger partial charge in [0, 0.05) is 32.2 Å². The highest BCUT2D eigenvalue weighted by Crippen LogP contribution is 2.17. The molecule has 1 atom stereocenters. The van der Waals surface area contributed by atoms with Gasteiger partial charge in [0.25, 0.3) is 0 Å². The zero-order valence-corrected chi connectivity index (χ0v) is 11.3. The number of nitrogens with two attached hydrogens (primary N) is 1. The number of likely N-dealkylation sites (tertiary alicyclic amines) is 2. The van der Waals surface area contributed by atoms with Crippen LogP contribution in [0.4, 0.5) is 0 Å². The molecule has 2 aliphatic heterocycles. The number of nitrogens with zero attached hydrogens (tertiary/aromatic N) is 2. The number of hydrogen-bond donors (Lipinski definition) is 2. The van der Waals surface area contributed by atoms with Gasteiger partial charge >= 0.3 is 5.97 Å². The molecule has 2 fully saturated rings. The van der Waals surface area contributed by atoms with E-state index in [0.29, 0.717) is 26.1 Å². The van der Waals surface area contributed by atoms with Gasteiger partial charge in [0.15, 0.2) is 0 Å². The van der Waals surface area contributed by atoms with E-state index in [9.17, 15) is 9.59 Å². The van der Waals surface area contributed by atoms with Crippen LogP contribution < -0.4 is 5.73 Å². The Kier molecular flexibility index (Phi) is 4.76. The fourth-order valence-electron chi connectivity index (χ4n) is 2.81. The molecule has 0 radical (unpaired) electrons. The summed E-state index contributed by atoms with van der Waals surface area (Å²) in [6.07, 6.45) is 3.33. The monoisotopic (exact) mass is 269 g/mol. The van der Waals surface area contributed by atoms with Crippen molar-refractivity contribution in [3.8, 4) is 0 Å². The topological polar surface area (TPSA) is 86.9 Å². The Morgan fingerprint density at radius 2 is 1.84 bits per heavy atom. The number of piperidine rings is 2. The Hall–Kier alpha value is -1.14. The minimum absolute atomic E-state index is 0.0569. The summed E-state index contributed by atoms with van der Waals surface area (Å²) in [7, 11) is 0. The second kappa shape index (κ2) is 6.34. The lowest BCUT2D eigenvalue weighted by molar-refractivity contribution is -0.146. The van der Waals surface area contributed by atoms with Gasteiger partial charge in [-0.2, -0.15) is 0 Å². The number of carbonyl (C=O) groups is 2. The van der Waals surface area contributed by atoms with E-state index >= 15 is 0 Å². The molecular formula is C13H23N3O3. The van der Waals surface area contributed by atoms with Gasteiger partial charge in [-0.3, -0.25) is 14.5 Å². The largest absolute Gasteiger partial charge is 0.481 e. The van der Waals surface area contributed by atoms with Crippen LogP contribution >= 0.6 is 0 Å². The Morgan fingerprint density at radius 1 is 1.16 bits per heavy atom. The van der Waals surface area contributed by atoms with E-state index in [2.05, 4.69) is 4.90 Å². The quantitative estimate of drug-likeness (QED) is 0.736. The fourth-order valence-corrected chi connectivity index (χ4v) is 2.81. The molecule has 3 N–H and O–H groups in total. The van der Waals surface area contributed by atoms with E-state index in [1.807, 2.05) is 0 Å². The van der Waals surface area contributed by atoms with Gasteiger partial charge in [-0.15, -0.1) is 0 Å². The second-order valence-electron chi connectivity index (χ2n) is 5.63. The van der Waals surface area contributed by atoms with E-state index in [4.69, 9.17) is 10.8 Å². The molecule has 2 rings (SSSR count). The molecule has 0 unspecified atom stereocenters. The Labute approximate surface area is 113 Å². The number of carboxylic acids is 1. The van der Waals surface area contributed by atoms with Crippen LogP contribution in [0.1, 0.15) is 25.7 Å². The third-order valence-corrected chi connectivity index (χ3v) is 4.11. The van der Waals surface area contributed by atoms with E-state index < -0.39 is 11.9 Å². The Morgan fingerprint density at radius 3 is 2.47 bits per heavy atom. The summed E-state index contributed by atoms with van der Waals surface area (Å²) in [4.78, 5) is 27.0. The number of aliphatic carboxylic acids is 1. The summed E-state index contributed by atoms with van der Waals surface area (Å²) in [5, 5.41) is 9.03. The third kappa shape index (κ3) is 3.91. The number of hydrogen-bond acceptors (Lipinski definition) is 4. The summed E-state index contributed by atoms with van der Waals surface area (Å²) in [6, 6.07) is 0.262. The molecule has 108 valence electrons. The van der Waals surface area contributed by atoms with E-state index in [0.717, 1.165) is 32.4 Å². The molecule has 0 saturated carbocycles. The molecule has 0 aromatic heterocycles. The predicted molar refractivity (Wildman–Crippen MR) is 70.6 cm³/mol. The smallest absolute Gasteiger partial charge is 0.308 e. The van der Waals surface area contributed by atoms with Crippen molar-refractivity contribution in [1.29, 1.82) is 0 Å². The minimum atomic E-state index is -0.790. The molecule has 1 amide bonds. The average molecular weight is 269 g/mol. The standard InChI is InChI=1S/C13H23N3O3/c14-11-3-6-15(7-4-11)9-12(17)16-5-1-2-10(8-16)13(18)19/h10-11H,1-9,14H2,(H,18,19)/t10-/m1/s1. The van der Waals surface area contributed by atoms with Crippen LogP contribution in [-0.2, 0) is 9.59 Å². The summed E-state index contributed by atoms with van der Waals surface area (Å²) in [6.45, 7) is 3.18. The summed E-state index contributed by atoms with van der Waals surface area (Å²) in [5.41, 5.74) is 5.83. The molecule has 0 bridgehead atoms. The van der Waals surface area contributed by atoms with Crippen LogP contribution in [0, 0.1) is 5.92 Å². The van der Waals surface area contributed by atoms with Crippen molar-refractivity contribution in [2.45, 2.75) is 31.7 Å². The lowest BCUT2D eigenvalue weighted by Gasteiger charge is -2.34. The predicted octanol–water partition coefficient (Wildman–Crippen LogP) is -0.267. The highest BCUT2D eigenvalue weighted by atomic mass is 16.4. The van der Waals surface area contributed by atoms with Gasteiger partial charge in [0.2, 0.25) is 5.91 Å². The highest BCUT2D eigenvalue weighted by Gasteiger charge is 2.29. The van der Waals surface area contributed by atoms with Gasteiger partial charge in [0.1, 0.15) is 0 Å². The van der Waals surface area contributed by atoms with Crippen LogP contribution in [0.3, 0.4) is 0 Å². The molecule has 6 heteroatoms. The van der Waals surface area contributed by atoms with E-state index in [1.54, 1.807) is 4.90 Å². The first-order chi connectivity index (χ1) is 9.06. The molecule has 0 aliphatic carbocycles. The van der Waals surface area contributed by atoms with Gasteiger partial charge in [-0.1, -0.05) is 0 Å². The van der Waals surface area contributed by atoms with Crippen LogP contribution in [0.5, 0.6) is 0 Å². The molecule has 2 aliphatic rings. The highest BCUT2D eigenvalue weighted by molar-refractivity contribution is 5.79. The van der Waals surface area contributed by atoms with Crippen molar-refractivity contribution in [3.05, 3.63) is 0 Å². The molecule has 0 aromatic rings. The number of rotatable bonds is 3. The normalized spacial score (nSPS) is 26.4. The van der Waals surface area contributed by atoms with Crippen LogP contribution in [0.2, 0.25) is 0 Å². The maximum atomic E-state index is 12.2. The Balaban J connectivity index is 1.80. The lowest BCUT2D eigenvalue weighted by Crippen LogP contribution is -2.49.